The highest BCUT2D eigenvalue weighted by molar-refractivity contribution is 5.92. The van der Waals surface area contributed by atoms with Crippen LogP contribution in [0.3, 0.4) is 0 Å². The molecule has 0 N–H and O–H groups in total. The molecule has 30 heavy (non-hydrogen) atoms. The maximum atomic E-state index is 13.2. The Hall–Kier alpha value is -3.19. The first kappa shape index (κ1) is 18.8. The Bertz CT molecular complexity index is 1090. The number of aryl methyl sites for hydroxylation is 1. The Morgan fingerprint density at radius 1 is 1.20 bits per heavy atom. The summed E-state index contributed by atoms with van der Waals surface area (Å²) in [4.78, 5) is 26.7. The molecular formula is C23H25N5O2. The van der Waals surface area contributed by atoms with Crippen molar-refractivity contribution in [3.05, 3.63) is 71.9 Å². The van der Waals surface area contributed by atoms with Crippen LogP contribution in [0.25, 0.3) is 5.82 Å². The van der Waals surface area contributed by atoms with Gasteiger partial charge in [0.25, 0.3) is 5.91 Å². The molecule has 7 heteroatoms. The Labute approximate surface area is 175 Å². The summed E-state index contributed by atoms with van der Waals surface area (Å²) in [6.45, 7) is 4.52. The molecule has 154 valence electrons. The van der Waals surface area contributed by atoms with Crippen LogP contribution in [0.1, 0.15) is 28.3 Å². The lowest BCUT2D eigenvalue weighted by Gasteiger charge is -2.47. The number of pyridine rings is 2. The number of carbonyl (C=O) groups is 1. The van der Waals surface area contributed by atoms with Gasteiger partial charge >= 0.3 is 0 Å². The van der Waals surface area contributed by atoms with Crippen LogP contribution in [0, 0.1) is 6.92 Å². The minimum Gasteiger partial charge on any atom is -0.383 e. The summed E-state index contributed by atoms with van der Waals surface area (Å²) in [5.74, 6) is 0.904. The average Bonchev–Trinajstić information content (AvgIpc) is 3.42. The van der Waals surface area contributed by atoms with E-state index in [9.17, 15) is 4.79 Å². The quantitative estimate of drug-likeness (QED) is 0.670. The molecule has 1 atom stereocenters. The van der Waals surface area contributed by atoms with Crippen LogP contribution in [-0.2, 0) is 10.3 Å². The number of rotatable bonds is 4. The normalized spacial score (nSPS) is 19.8. The van der Waals surface area contributed by atoms with Crippen molar-refractivity contribution in [3.8, 4) is 5.82 Å². The van der Waals surface area contributed by atoms with Crippen molar-refractivity contribution in [3.63, 3.8) is 0 Å². The van der Waals surface area contributed by atoms with Crippen molar-refractivity contribution in [2.75, 3.05) is 38.3 Å². The van der Waals surface area contributed by atoms with Gasteiger partial charge in [0.1, 0.15) is 11.2 Å². The molecule has 0 saturated carbocycles. The predicted molar refractivity (Wildman–Crippen MR) is 114 cm³/mol. The topological polar surface area (TPSA) is 63.5 Å². The van der Waals surface area contributed by atoms with E-state index in [4.69, 9.17) is 4.74 Å². The summed E-state index contributed by atoms with van der Waals surface area (Å²) >= 11 is 0. The highest BCUT2D eigenvalue weighted by Gasteiger charge is 2.50. The van der Waals surface area contributed by atoms with Gasteiger partial charge in [0, 0.05) is 44.8 Å². The largest absolute Gasteiger partial charge is 0.383 e. The minimum atomic E-state index is -0.322. The first-order chi connectivity index (χ1) is 14.6. The second-order valence-corrected chi connectivity index (χ2v) is 7.93. The summed E-state index contributed by atoms with van der Waals surface area (Å²) in [5, 5.41) is 0. The molecule has 0 aliphatic carbocycles. The zero-order chi connectivity index (χ0) is 20.7. The fourth-order valence-electron chi connectivity index (χ4n) is 4.84. The fourth-order valence-corrected chi connectivity index (χ4v) is 4.84. The van der Waals surface area contributed by atoms with Gasteiger partial charge in [0.15, 0.2) is 5.82 Å². The molecule has 5 rings (SSSR count). The second kappa shape index (κ2) is 7.25. The number of ether oxygens (including phenoxy) is 1. The van der Waals surface area contributed by atoms with Crippen LogP contribution in [0.5, 0.6) is 0 Å². The molecule has 7 nitrogen and oxygen atoms in total. The molecule has 1 fully saturated rings. The van der Waals surface area contributed by atoms with Gasteiger partial charge in [-0.1, -0.05) is 6.07 Å². The van der Waals surface area contributed by atoms with E-state index in [0.29, 0.717) is 25.4 Å². The first-order valence-corrected chi connectivity index (χ1v) is 10.3. The van der Waals surface area contributed by atoms with Crippen molar-refractivity contribution < 1.29 is 9.53 Å². The molecule has 0 unspecified atom stereocenters. The lowest BCUT2D eigenvalue weighted by molar-refractivity contribution is 0.0775. The van der Waals surface area contributed by atoms with E-state index in [1.54, 1.807) is 13.2 Å². The Balaban J connectivity index is 1.56. The Morgan fingerprint density at radius 3 is 2.93 bits per heavy atom. The van der Waals surface area contributed by atoms with Gasteiger partial charge in [-0.2, -0.15) is 0 Å². The van der Waals surface area contributed by atoms with Crippen molar-refractivity contribution in [1.29, 1.82) is 0 Å². The van der Waals surface area contributed by atoms with Gasteiger partial charge in [-0.3, -0.25) is 4.79 Å². The molecule has 1 amide bonds. The number of likely N-dealkylation sites (tertiary alicyclic amines) is 1. The number of amides is 1. The molecule has 1 saturated heterocycles. The second-order valence-electron chi connectivity index (χ2n) is 7.93. The van der Waals surface area contributed by atoms with Gasteiger partial charge in [0.05, 0.1) is 18.0 Å². The molecule has 1 spiro atoms. The number of nitrogens with zero attached hydrogens (tertiary/aromatic N) is 5. The smallest absolute Gasteiger partial charge is 0.272 e. The molecule has 0 radical (unpaired) electrons. The molecule has 0 bridgehead atoms. The van der Waals surface area contributed by atoms with Crippen LogP contribution in [0.4, 0.5) is 5.69 Å². The zero-order valence-corrected chi connectivity index (χ0v) is 17.3. The molecule has 0 aromatic carbocycles. The lowest BCUT2D eigenvalue weighted by atomic mass is 9.89. The average molecular weight is 403 g/mol. The third-order valence-corrected chi connectivity index (χ3v) is 6.19. The summed E-state index contributed by atoms with van der Waals surface area (Å²) in [6.07, 6.45) is 4.72. The Morgan fingerprint density at radius 2 is 2.10 bits per heavy atom. The van der Waals surface area contributed by atoms with Crippen molar-refractivity contribution in [2.45, 2.75) is 18.9 Å². The van der Waals surface area contributed by atoms with E-state index in [0.717, 1.165) is 35.9 Å². The maximum absolute atomic E-state index is 13.2. The molecule has 3 aromatic rings. The number of anilines is 1. The standard InChI is InChI=1S/C23H25N5O2/c1-17-6-3-7-18(25-17)22(29)26-13-10-23(16-26)20-9-5-12-27(20)21-19(8-4-11-24-21)28(23)14-15-30-2/h3-9,11-12H,10,13-16H2,1-2H3/t23-/m1/s1. The van der Waals surface area contributed by atoms with Crippen LogP contribution in [0.15, 0.2) is 54.9 Å². The zero-order valence-electron chi connectivity index (χ0n) is 17.3. The van der Waals surface area contributed by atoms with Crippen molar-refractivity contribution in [1.82, 2.24) is 19.4 Å². The van der Waals surface area contributed by atoms with Gasteiger partial charge in [0.2, 0.25) is 0 Å². The van der Waals surface area contributed by atoms with E-state index in [2.05, 4.69) is 43.8 Å². The van der Waals surface area contributed by atoms with Crippen LogP contribution >= 0.6 is 0 Å². The lowest BCUT2D eigenvalue weighted by Crippen LogP contribution is -2.53. The number of methoxy groups -OCH3 is 1. The molecule has 3 aromatic heterocycles. The van der Waals surface area contributed by atoms with Crippen molar-refractivity contribution in [2.24, 2.45) is 0 Å². The van der Waals surface area contributed by atoms with E-state index in [1.165, 1.54) is 0 Å². The van der Waals surface area contributed by atoms with Crippen LogP contribution in [-0.4, -0.2) is 58.7 Å². The SMILES string of the molecule is COCCN1c2cccnc2-n2cccc2[C@]12CCN(C(=O)c1cccc(C)n1)C2. The van der Waals surface area contributed by atoms with Crippen LogP contribution in [0.2, 0.25) is 0 Å². The molecular weight excluding hydrogens is 378 g/mol. The fraction of sp³-hybridized carbons (Fsp3) is 0.348. The monoisotopic (exact) mass is 403 g/mol. The number of hydrogen-bond acceptors (Lipinski definition) is 5. The third kappa shape index (κ3) is 2.81. The number of carbonyl (C=O) groups excluding carboxylic acids is 1. The van der Waals surface area contributed by atoms with Gasteiger partial charge in [-0.25, -0.2) is 9.97 Å². The van der Waals surface area contributed by atoms with Gasteiger partial charge < -0.3 is 19.1 Å². The van der Waals surface area contributed by atoms with E-state index in [-0.39, 0.29) is 11.4 Å². The number of hydrogen-bond donors (Lipinski definition) is 0. The molecule has 5 heterocycles. The summed E-state index contributed by atoms with van der Waals surface area (Å²) in [7, 11) is 1.72. The summed E-state index contributed by atoms with van der Waals surface area (Å²) in [6, 6.07) is 13.9. The first-order valence-electron chi connectivity index (χ1n) is 10.3. The van der Waals surface area contributed by atoms with Gasteiger partial charge in [-0.05, 0) is 49.7 Å². The van der Waals surface area contributed by atoms with E-state index < -0.39 is 0 Å². The third-order valence-electron chi connectivity index (χ3n) is 6.19. The summed E-state index contributed by atoms with van der Waals surface area (Å²) < 4.78 is 7.59. The van der Waals surface area contributed by atoms with Crippen LogP contribution < -0.4 is 4.90 Å². The summed E-state index contributed by atoms with van der Waals surface area (Å²) in [5.41, 5.74) is 3.27. The minimum absolute atomic E-state index is 0.0163. The highest BCUT2D eigenvalue weighted by atomic mass is 16.5. The molecule has 2 aliphatic rings. The molecule has 2 aliphatic heterocycles. The van der Waals surface area contributed by atoms with E-state index in [1.807, 2.05) is 36.2 Å². The van der Waals surface area contributed by atoms with Gasteiger partial charge in [-0.15, -0.1) is 0 Å². The number of fused-ring (bicyclic) bond motifs is 4. The highest BCUT2D eigenvalue weighted by Crippen LogP contribution is 2.46. The predicted octanol–water partition coefficient (Wildman–Crippen LogP) is 2.78. The number of aromatic nitrogens is 3. The maximum Gasteiger partial charge on any atom is 0.272 e. The van der Waals surface area contributed by atoms with E-state index >= 15 is 0 Å². The van der Waals surface area contributed by atoms with Crippen molar-refractivity contribution >= 4 is 11.6 Å². The Kier molecular flexibility index (Phi) is 4.55.